The van der Waals surface area contributed by atoms with E-state index in [9.17, 15) is 4.79 Å². The Labute approximate surface area is 54.0 Å². The SMILES string of the molecule is NCC1=CCC(=O)C=C1. The molecular weight excluding hydrogens is 114 g/mol. The van der Waals surface area contributed by atoms with E-state index in [2.05, 4.69) is 0 Å². The number of allylic oxidation sites excluding steroid dienone is 2. The van der Waals surface area contributed by atoms with Gasteiger partial charge in [-0.15, -0.1) is 0 Å². The number of ketones is 1. The highest BCUT2D eigenvalue weighted by atomic mass is 16.1. The first-order valence-corrected chi connectivity index (χ1v) is 2.93. The van der Waals surface area contributed by atoms with E-state index in [0.29, 0.717) is 13.0 Å². The molecule has 0 aromatic carbocycles. The van der Waals surface area contributed by atoms with Crippen LogP contribution in [0.1, 0.15) is 6.42 Å². The Bertz CT molecular complexity index is 179. The molecule has 0 amide bonds. The molecule has 0 fully saturated rings. The molecule has 0 unspecified atom stereocenters. The lowest BCUT2D eigenvalue weighted by molar-refractivity contribution is -0.113. The molecule has 0 bridgehead atoms. The predicted molar refractivity (Wildman–Crippen MR) is 35.9 cm³/mol. The van der Waals surface area contributed by atoms with Crippen molar-refractivity contribution in [3.05, 3.63) is 23.8 Å². The van der Waals surface area contributed by atoms with Crippen LogP contribution in [0.25, 0.3) is 0 Å². The fourth-order valence-corrected chi connectivity index (χ4v) is 0.719. The number of carbonyl (C=O) groups excluding carboxylic acids is 1. The first-order chi connectivity index (χ1) is 4.33. The molecule has 9 heavy (non-hydrogen) atoms. The molecule has 1 rings (SSSR count). The van der Waals surface area contributed by atoms with E-state index in [0.717, 1.165) is 5.57 Å². The van der Waals surface area contributed by atoms with Crippen molar-refractivity contribution in [1.82, 2.24) is 0 Å². The third-order valence-electron chi connectivity index (χ3n) is 1.28. The molecule has 1 aliphatic rings. The molecular formula is C7H9NO. The molecule has 0 spiro atoms. The van der Waals surface area contributed by atoms with Crippen molar-refractivity contribution >= 4 is 5.78 Å². The van der Waals surface area contributed by atoms with Gasteiger partial charge in [-0.2, -0.15) is 0 Å². The van der Waals surface area contributed by atoms with Crippen LogP contribution in [0.15, 0.2) is 23.8 Å². The first kappa shape index (κ1) is 6.23. The summed E-state index contributed by atoms with van der Waals surface area (Å²) in [6.07, 6.45) is 5.72. The summed E-state index contributed by atoms with van der Waals surface area (Å²) < 4.78 is 0. The highest BCUT2D eigenvalue weighted by molar-refractivity contribution is 5.92. The lowest BCUT2D eigenvalue weighted by Crippen LogP contribution is -2.05. The van der Waals surface area contributed by atoms with Gasteiger partial charge in [0.25, 0.3) is 0 Å². The predicted octanol–water partition coefficient (Wildman–Crippen LogP) is 0.400. The number of carbonyl (C=O) groups is 1. The van der Waals surface area contributed by atoms with E-state index < -0.39 is 0 Å². The van der Waals surface area contributed by atoms with Crippen LogP contribution >= 0.6 is 0 Å². The van der Waals surface area contributed by atoms with Gasteiger partial charge in [0.1, 0.15) is 0 Å². The van der Waals surface area contributed by atoms with Crippen molar-refractivity contribution in [3.63, 3.8) is 0 Å². The molecule has 0 saturated heterocycles. The normalized spacial score (nSPS) is 17.9. The minimum Gasteiger partial charge on any atom is -0.327 e. The summed E-state index contributed by atoms with van der Waals surface area (Å²) >= 11 is 0. The Morgan fingerprint density at radius 1 is 1.56 bits per heavy atom. The molecule has 0 aliphatic heterocycles. The van der Waals surface area contributed by atoms with E-state index >= 15 is 0 Å². The molecule has 2 N–H and O–H groups in total. The van der Waals surface area contributed by atoms with Crippen LogP contribution in [0.3, 0.4) is 0 Å². The smallest absolute Gasteiger partial charge is 0.159 e. The van der Waals surface area contributed by atoms with Crippen molar-refractivity contribution in [2.24, 2.45) is 5.73 Å². The quantitative estimate of drug-likeness (QED) is 0.548. The topological polar surface area (TPSA) is 43.1 Å². The highest BCUT2D eigenvalue weighted by Crippen LogP contribution is 2.04. The standard InChI is InChI=1S/C7H9NO/c8-5-6-1-3-7(9)4-2-6/h1-3H,4-5,8H2. The third-order valence-corrected chi connectivity index (χ3v) is 1.28. The van der Waals surface area contributed by atoms with Gasteiger partial charge >= 0.3 is 0 Å². The van der Waals surface area contributed by atoms with Gasteiger partial charge in [0, 0.05) is 13.0 Å². The van der Waals surface area contributed by atoms with Gasteiger partial charge in [0.2, 0.25) is 0 Å². The van der Waals surface area contributed by atoms with E-state index in [4.69, 9.17) is 5.73 Å². The first-order valence-electron chi connectivity index (χ1n) is 2.93. The molecule has 0 atom stereocenters. The Kier molecular flexibility index (Phi) is 1.80. The number of hydrogen-bond donors (Lipinski definition) is 1. The van der Waals surface area contributed by atoms with Gasteiger partial charge in [-0.05, 0) is 11.6 Å². The number of nitrogens with two attached hydrogens (primary N) is 1. The summed E-state index contributed by atoms with van der Waals surface area (Å²) in [5.74, 6) is 0.159. The van der Waals surface area contributed by atoms with Crippen LogP contribution in [0.5, 0.6) is 0 Å². The van der Waals surface area contributed by atoms with Crippen LogP contribution in [0.4, 0.5) is 0 Å². The summed E-state index contributed by atoms with van der Waals surface area (Å²) in [4.78, 5) is 10.6. The summed E-state index contributed by atoms with van der Waals surface area (Å²) in [7, 11) is 0. The Balaban J connectivity index is 2.63. The number of hydrogen-bond acceptors (Lipinski definition) is 2. The fourth-order valence-electron chi connectivity index (χ4n) is 0.719. The maximum atomic E-state index is 10.6. The average molecular weight is 123 g/mol. The van der Waals surface area contributed by atoms with Gasteiger partial charge in [-0.3, -0.25) is 4.79 Å². The summed E-state index contributed by atoms with van der Waals surface area (Å²) in [5, 5.41) is 0. The lowest BCUT2D eigenvalue weighted by Gasteiger charge is -2.00. The van der Waals surface area contributed by atoms with Crippen molar-refractivity contribution in [3.8, 4) is 0 Å². The molecule has 2 heteroatoms. The van der Waals surface area contributed by atoms with E-state index in [1.807, 2.05) is 6.08 Å². The average Bonchev–Trinajstić information content (AvgIpc) is 1.90. The Morgan fingerprint density at radius 3 is 2.78 bits per heavy atom. The zero-order valence-corrected chi connectivity index (χ0v) is 5.13. The van der Waals surface area contributed by atoms with Gasteiger partial charge < -0.3 is 5.73 Å². The Hall–Kier alpha value is -0.890. The fraction of sp³-hybridized carbons (Fsp3) is 0.286. The van der Waals surface area contributed by atoms with E-state index in [1.54, 1.807) is 12.2 Å². The van der Waals surface area contributed by atoms with Gasteiger partial charge in [0.05, 0.1) is 0 Å². The van der Waals surface area contributed by atoms with Crippen LogP contribution in [-0.2, 0) is 4.79 Å². The number of rotatable bonds is 1. The molecule has 0 heterocycles. The van der Waals surface area contributed by atoms with Crippen molar-refractivity contribution < 1.29 is 4.79 Å². The van der Waals surface area contributed by atoms with Crippen LogP contribution in [0, 0.1) is 0 Å². The van der Waals surface area contributed by atoms with Gasteiger partial charge in [-0.25, -0.2) is 0 Å². The Morgan fingerprint density at radius 2 is 2.33 bits per heavy atom. The van der Waals surface area contributed by atoms with Crippen molar-refractivity contribution in [2.45, 2.75) is 6.42 Å². The molecule has 2 nitrogen and oxygen atoms in total. The van der Waals surface area contributed by atoms with Gasteiger partial charge in [-0.1, -0.05) is 12.2 Å². The van der Waals surface area contributed by atoms with Crippen molar-refractivity contribution in [1.29, 1.82) is 0 Å². The maximum absolute atomic E-state index is 10.6. The zero-order chi connectivity index (χ0) is 6.69. The van der Waals surface area contributed by atoms with Crippen molar-refractivity contribution in [2.75, 3.05) is 6.54 Å². The molecule has 0 radical (unpaired) electrons. The second kappa shape index (κ2) is 2.60. The monoisotopic (exact) mass is 123 g/mol. The maximum Gasteiger partial charge on any atom is 0.159 e. The minimum absolute atomic E-state index is 0.159. The van der Waals surface area contributed by atoms with Crippen LogP contribution < -0.4 is 5.73 Å². The van der Waals surface area contributed by atoms with E-state index in [1.165, 1.54) is 0 Å². The van der Waals surface area contributed by atoms with Crippen LogP contribution in [0.2, 0.25) is 0 Å². The summed E-state index contributed by atoms with van der Waals surface area (Å²) in [5.41, 5.74) is 6.37. The largest absolute Gasteiger partial charge is 0.327 e. The van der Waals surface area contributed by atoms with E-state index in [-0.39, 0.29) is 5.78 Å². The molecule has 48 valence electrons. The highest BCUT2D eigenvalue weighted by Gasteiger charge is 1.99. The zero-order valence-electron chi connectivity index (χ0n) is 5.13. The second-order valence-corrected chi connectivity index (χ2v) is 1.99. The van der Waals surface area contributed by atoms with Crippen LogP contribution in [-0.4, -0.2) is 12.3 Å². The summed E-state index contributed by atoms with van der Waals surface area (Å²) in [6.45, 7) is 0.532. The second-order valence-electron chi connectivity index (χ2n) is 1.99. The minimum atomic E-state index is 0.159. The molecule has 0 saturated carbocycles. The molecule has 0 aromatic rings. The lowest BCUT2D eigenvalue weighted by atomic mass is 10.1. The third kappa shape index (κ3) is 1.50. The molecule has 0 aromatic heterocycles. The van der Waals surface area contributed by atoms with Gasteiger partial charge in [0.15, 0.2) is 5.78 Å². The molecule has 1 aliphatic carbocycles. The summed E-state index contributed by atoms with van der Waals surface area (Å²) in [6, 6.07) is 0.